The molecule has 0 aromatic carbocycles. The third-order valence-corrected chi connectivity index (χ3v) is 2.45. The highest BCUT2D eigenvalue weighted by atomic mass is 79.9. The van der Waals surface area contributed by atoms with Gasteiger partial charge < -0.3 is 5.11 Å². The molecule has 1 N–H and O–H groups in total. The smallest absolute Gasteiger partial charge is 0.274 e. The van der Waals surface area contributed by atoms with Crippen LogP contribution in [0.25, 0.3) is 0 Å². The van der Waals surface area contributed by atoms with Crippen LogP contribution in [0, 0.1) is 0 Å². The first-order valence-electron chi connectivity index (χ1n) is 3.30. The van der Waals surface area contributed by atoms with Gasteiger partial charge in [-0.15, -0.1) is 0 Å². The number of pyridine rings is 1. The normalized spacial score (nSPS) is 10.6. The summed E-state index contributed by atoms with van der Waals surface area (Å²) in [5.74, 6) is -0.678. The highest BCUT2D eigenvalue weighted by Gasteiger charge is 2.20. The van der Waals surface area contributed by atoms with Crippen molar-refractivity contribution >= 4 is 32.8 Å². The third kappa shape index (κ3) is 2.01. The molecule has 0 amide bonds. The van der Waals surface area contributed by atoms with E-state index in [0.29, 0.717) is 0 Å². The second kappa shape index (κ2) is 4.18. The van der Waals surface area contributed by atoms with Gasteiger partial charge in [0.15, 0.2) is 11.4 Å². The molecule has 0 atom stereocenters. The van der Waals surface area contributed by atoms with Gasteiger partial charge in [0.1, 0.15) is 0 Å². The van der Waals surface area contributed by atoms with Crippen molar-refractivity contribution in [1.29, 1.82) is 0 Å². The Bertz CT molecular complexity index is 386. The number of carbonyl (C=O) groups is 1. The first kappa shape index (κ1) is 11.3. The fourth-order valence-electron chi connectivity index (χ4n) is 0.789. The van der Waals surface area contributed by atoms with Gasteiger partial charge in [0.05, 0.1) is 10.0 Å². The highest BCUT2D eigenvalue weighted by Crippen LogP contribution is 2.35. The monoisotopic (exact) mass is 285 g/mol. The van der Waals surface area contributed by atoms with Crippen LogP contribution in [0.4, 0.5) is 8.78 Å². The second-order valence-electron chi connectivity index (χ2n) is 2.30. The minimum Gasteiger partial charge on any atom is -0.504 e. The van der Waals surface area contributed by atoms with E-state index in [1.807, 2.05) is 0 Å². The molecule has 1 aromatic heterocycles. The van der Waals surface area contributed by atoms with Crippen LogP contribution >= 0.6 is 27.5 Å². The summed E-state index contributed by atoms with van der Waals surface area (Å²) < 4.78 is 24.2. The number of hydrogen-bond acceptors (Lipinski definition) is 3. The summed E-state index contributed by atoms with van der Waals surface area (Å²) in [5.41, 5.74) is -0.952. The van der Waals surface area contributed by atoms with Crippen LogP contribution in [0.2, 0.25) is 0 Å². The number of hydrogen-bond donors (Lipinski definition) is 1. The molecule has 0 radical (unpaired) electrons. The van der Waals surface area contributed by atoms with Crippen molar-refractivity contribution in [2.75, 3.05) is 0 Å². The van der Waals surface area contributed by atoms with E-state index >= 15 is 0 Å². The molecule has 0 saturated carbocycles. The molecule has 1 aromatic rings. The van der Waals surface area contributed by atoms with Gasteiger partial charge in [0.2, 0.25) is 0 Å². The average molecular weight is 286 g/mol. The quantitative estimate of drug-likeness (QED) is 0.851. The number of alkyl halides is 2. The predicted octanol–water partition coefficient (Wildman–Crippen LogP) is 2.87. The van der Waals surface area contributed by atoms with Gasteiger partial charge >= 0.3 is 0 Å². The number of halogens is 4. The summed E-state index contributed by atoms with van der Waals surface area (Å²) in [6, 6.07) is 0. The molecule has 0 fully saturated rings. The summed E-state index contributed by atoms with van der Waals surface area (Å²) >= 11 is 7.76. The Morgan fingerprint density at radius 1 is 1.64 bits per heavy atom. The average Bonchev–Trinajstić information content (AvgIpc) is 2.08. The zero-order valence-electron chi connectivity index (χ0n) is 6.47. The molecule has 7 heteroatoms. The van der Waals surface area contributed by atoms with E-state index in [9.17, 15) is 18.7 Å². The van der Waals surface area contributed by atoms with Crippen LogP contribution in [-0.4, -0.2) is 15.3 Å². The lowest BCUT2D eigenvalue weighted by Gasteiger charge is -2.06. The molecule has 1 heterocycles. The predicted molar refractivity (Wildman–Crippen MR) is 48.7 cm³/mol. The zero-order chi connectivity index (χ0) is 10.9. The maximum atomic E-state index is 12.2. The SMILES string of the molecule is O=C(Cl)c1ncc(C(F)F)c(Br)c1O. The number of aromatic hydroxyl groups is 1. The lowest BCUT2D eigenvalue weighted by molar-refractivity contribution is 0.107. The number of rotatable bonds is 2. The van der Waals surface area contributed by atoms with E-state index in [2.05, 4.69) is 20.9 Å². The Morgan fingerprint density at radius 2 is 2.21 bits per heavy atom. The van der Waals surface area contributed by atoms with E-state index < -0.39 is 28.7 Å². The molecular formula is C7H3BrClF2NO2. The topological polar surface area (TPSA) is 50.2 Å². The van der Waals surface area contributed by atoms with Gasteiger partial charge in [-0.1, -0.05) is 0 Å². The van der Waals surface area contributed by atoms with Crippen molar-refractivity contribution in [3.63, 3.8) is 0 Å². The van der Waals surface area contributed by atoms with E-state index in [4.69, 9.17) is 11.6 Å². The van der Waals surface area contributed by atoms with Crippen LogP contribution in [0.5, 0.6) is 5.75 Å². The fourth-order valence-corrected chi connectivity index (χ4v) is 1.39. The Labute approximate surface area is 90.8 Å². The molecule has 0 aliphatic heterocycles. The summed E-state index contributed by atoms with van der Waals surface area (Å²) in [6.45, 7) is 0. The lowest BCUT2D eigenvalue weighted by atomic mass is 10.2. The van der Waals surface area contributed by atoms with Crippen LogP contribution < -0.4 is 0 Å². The van der Waals surface area contributed by atoms with Crippen LogP contribution in [0.15, 0.2) is 10.7 Å². The maximum Gasteiger partial charge on any atom is 0.274 e. The molecule has 76 valence electrons. The van der Waals surface area contributed by atoms with E-state index in [0.717, 1.165) is 6.20 Å². The standard InChI is InChI=1S/C7H3BrClF2NO2/c8-3-2(7(10)11)1-12-4(5(3)13)6(9)14/h1,7,13H. The molecule has 0 unspecified atom stereocenters. The van der Waals surface area contributed by atoms with Gasteiger partial charge in [-0.3, -0.25) is 4.79 Å². The summed E-state index contributed by atoms with van der Waals surface area (Å²) in [7, 11) is 0. The van der Waals surface area contributed by atoms with Crippen LogP contribution in [0.1, 0.15) is 22.5 Å². The zero-order valence-corrected chi connectivity index (χ0v) is 8.81. The Hall–Kier alpha value is -0.750. The van der Waals surface area contributed by atoms with E-state index in [-0.39, 0.29) is 4.47 Å². The van der Waals surface area contributed by atoms with Gasteiger partial charge in [-0.2, -0.15) is 0 Å². The third-order valence-electron chi connectivity index (χ3n) is 1.44. The molecule has 0 spiro atoms. The van der Waals surface area contributed by atoms with Crippen LogP contribution in [0.3, 0.4) is 0 Å². The molecule has 1 rings (SSSR count). The number of carbonyl (C=O) groups excluding carboxylic acids is 1. The highest BCUT2D eigenvalue weighted by molar-refractivity contribution is 9.10. The molecule has 0 aliphatic rings. The van der Waals surface area contributed by atoms with Crippen molar-refractivity contribution < 1.29 is 18.7 Å². The van der Waals surface area contributed by atoms with Crippen molar-refractivity contribution in [3.05, 3.63) is 21.9 Å². The summed E-state index contributed by atoms with van der Waals surface area (Å²) in [4.78, 5) is 14.0. The second-order valence-corrected chi connectivity index (χ2v) is 3.44. The molecule has 14 heavy (non-hydrogen) atoms. The molecule has 0 bridgehead atoms. The largest absolute Gasteiger partial charge is 0.504 e. The number of aromatic nitrogens is 1. The molecule has 0 saturated heterocycles. The van der Waals surface area contributed by atoms with Gasteiger partial charge in [-0.05, 0) is 27.5 Å². The van der Waals surface area contributed by atoms with Crippen molar-refractivity contribution in [1.82, 2.24) is 4.98 Å². The van der Waals surface area contributed by atoms with Crippen molar-refractivity contribution in [2.45, 2.75) is 6.43 Å². The first-order valence-corrected chi connectivity index (χ1v) is 4.47. The number of nitrogens with zero attached hydrogens (tertiary/aromatic N) is 1. The summed E-state index contributed by atoms with van der Waals surface area (Å²) in [6.07, 6.45) is -2.01. The Morgan fingerprint density at radius 3 is 2.64 bits per heavy atom. The summed E-state index contributed by atoms with van der Waals surface area (Å²) in [5, 5.41) is 8.24. The molecule has 3 nitrogen and oxygen atoms in total. The van der Waals surface area contributed by atoms with Crippen LogP contribution in [-0.2, 0) is 0 Å². The lowest BCUT2D eigenvalue weighted by Crippen LogP contribution is -1.98. The molecule has 0 aliphatic carbocycles. The fraction of sp³-hybridized carbons (Fsp3) is 0.143. The minimum atomic E-state index is -2.79. The Kier molecular flexibility index (Phi) is 3.38. The van der Waals surface area contributed by atoms with E-state index in [1.54, 1.807) is 0 Å². The molecular weight excluding hydrogens is 283 g/mol. The van der Waals surface area contributed by atoms with Gasteiger partial charge in [-0.25, -0.2) is 13.8 Å². The maximum absolute atomic E-state index is 12.2. The van der Waals surface area contributed by atoms with Gasteiger partial charge in [0, 0.05) is 6.20 Å². The van der Waals surface area contributed by atoms with Crippen molar-refractivity contribution in [3.8, 4) is 5.75 Å². The van der Waals surface area contributed by atoms with E-state index in [1.165, 1.54) is 0 Å². The first-order chi connectivity index (χ1) is 6.45. The minimum absolute atomic E-state index is 0.272. The van der Waals surface area contributed by atoms with Crippen molar-refractivity contribution in [2.24, 2.45) is 0 Å². The Balaban J connectivity index is 3.33. The van der Waals surface area contributed by atoms with Gasteiger partial charge in [0.25, 0.3) is 11.7 Å².